The Morgan fingerprint density at radius 3 is 2.94 bits per heavy atom. The van der Waals surface area contributed by atoms with Crippen LogP contribution in [-0.2, 0) is 0 Å². The molecule has 0 aromatic heterocycles. The van der Waals surface area contributed by atoms with Gasteiger partial charge in [-0.3, -0.25) is 0 Å². The summed E-state index contributed by atoms with van der Waals surface area (Å²) < 4.78 is 0. The van der Waals surface area contributed by atoms with E-state index in [1.54, 1.807) is 0 Å². The van der Waals surface area contributed by atoms with Gasteiger partial charge in [-0.05, 0) is 32.0 Å². The predicted molar refractivity (Wildman–Crippen MR) is 72.7 cm³/mol. The minimum Gasteiger partial charge on any atom is -0.329 e. The summed E-state index contributed by atoms with van der Waals surface area (Å²) in [6, 6.07) is 6.55. The Bertz CT molecular complexity index is 445. The van der Waals surface area contributed by atoms with E-state index < -0.39 is 0 Å². The molecular formula is C14H21N3O. The Morgan fingerprint density at radius 1 is 1.44 bits per heavy atom. The molecule has 98 valence electrons. The maximum Gasteiger partial charge on any atom is 0.318 e. The zero-order valence-electron chi connectivity index (χ0n) is 11.3. The third-order valence-corrected chi connectivity index (χ3v) is 3.43. The quantitative estimate of drug-likeness (QED) is 0.848. The van der Waals surface area contributed by atoms with E-state index in [0.29, 0.717) is 0 Å². The topological polar surface area (TPSA) is 44.4 Å². The van der Waals surface area contributed by atoms with E-state index in [1.165, 1.54) is 16.7 Å². The van der Waals surface area contributed by atoms with Crippen molar-refractivity contribution in [3.63, 3.8) is 0 Å². The molecule has 1 saturated heterocycles. The molecule has 4 nitrogen and oxygen atoms in total. The molecule has 1 aromatic rings. The van der Waals surface area contributed by atoms with E-state index in [9.17, 15) is 4.79 Å². The van der Waals surface area contributed by atoms with Crippen LogP contribution in [0.3, 0.4) is 0 Å². The lowest BCUT2D eigenvalue weighted by atomic mass is 9.99. The Hall–Kier alpha value is -1.55. The van der Waals surface area contributed by atoms with Crippen molar-refractivity contribution in [2.45, 2.75) is 19.9 Å². The van der Waals surface area contributed by atoms with Gasteiger partial charge in [-0.15, -0.1) is 0 Å². The second-order valence-electron chi connectivity index (χ2n) is 4.91. The van der Waals surface area contributed by atoms with Crippen LogP contribution < -0.4 is 10.6 Å². The van der Waals surface area contributed by atoms with Crippen molar-refractivity contribution in [3.05, 3.63) is 34.9 Å². The molecule has 0 bridgehead atoms. The van der Waals surface area contributed by atoms with Crippen LogP contribution in [0.2, 0.25) is 0 Å². The van der Waals surface area contributed by atoms with Crippen molar-refractivity contribution in [2.24, 2.45) is 0 Å². The fourth-order valence-corrected chi connectivity index (χ4v) is 2.34. The Kier molecular flexibility index (Phi) is 3.87. The van der Waals surface area contributed by atoms with Crippen LogP contribution in [0.1, 0.15) is 22.7 Å². The van der Waals surface area contributed by atoms with E-state index >= 15 is 0 Å². The second kappa shape index (κ2) is 5.40. The molecule has 2 N–H and O–H groups in total. The monoisotopic (exact) mass is 247 g/mol. The summed E-state index contributed by atoms with van der Waals surface area (Å²) in [6.07, 6.45) is 0. The van der Waals surface area contributed by atoms with Crippen LogP contribution in [0.5, 0.6) is 0 Å². The molecule has 4 heteroatoms. The van der Waals surface area contributed by atoms with Crippen LogP contribution in [0.25, 0.3) is 0 Å². The number of carbonyl (C=O) groups excluding carboxylic acids is 1. The molecule has 0 radical (unpaired) electrons. The summed E-state index contributed by atoms with van der Waals surface area (Å²) in [5.74, 6) is 0. The van der Waals surface area contributed by atoms with Crippen molar-refractivity contribution < 1.29 is 4.79 Å². The zero-order chi connectivity index (χ0) is 13.1. The van der Waals surface area contributed by atoms with E-state index in [-0.39, 0.29) is 12.1 Å². The lowest BCUT2D eigenvalue weighted by Gasteiger charge is -2.15. The van der Waals surface area contributed by atoms with Gasteiger partial charge in [-0.1, -0.05) is 23.8 Å². The van der Waals surface area contributed by atoms with Gasteiger partial charge in [0.05, 0.1) is 6.04 Å². The first-order chi connectivity index (χ1) is 8.61. The average molecular weight is 247 g/mol. The highest BCUT2D eigenvalue weighted by Crippen LogP contribution is 2.24. The van der Waals surface area contributed by atoms with E-state index in [2.05, 4.69) is 42.7 Å². The Morgan fingerprint density at radius 2 is 2.22 bits per heavy atom. The van der Waals surface area contributed by atoms with Gasteiger partial charge in [-0.25, -0.2) is 4.79 Å². The molecular weight excluding hydrogens is 226 g/mol. The minimum absolute atomic E-state index is 0.0381. The highest BCUT2D eigenvalue weighted by molar-refractivity contribution is 5.77. The van der Waals surface area contributed by atoms with Crippen LogP contribution in [0.4, 0.5) is 4.79 Å². The van der Waals surface area contributed by atoms with Gasteiger partial charge < -0.3 is 15.5 Å². The van der Waals surface area contributed by atoms with Crippen LogP contribution in [-0.4, -0.2) is 37.6 Å². The average Bonchev–Trinajstić information content (AvgIpc) is 2.71. The number of benzene rings is 1. The first kappa shape index (κ1) is 12.9. The molecule has 0 aliphatic carbocycles. The van der Waals surface area contributed by atoms with Crippen LogP contribution in [0.15, 0.2) is 18.2 Å². The third kappa shape index (κ3) is 2.64. The Labute approximate surface area is 108 Å². The maximum atomic E-state index is 11.8. The summed E-state index contributed by atoms with van der Waals surface area (Å²) in [5, 5.41) is 6.12. The minimum atomic E-state index is 0.0381. The van der Waals surface area contributed by atoms with E-state index in [4.69, 9.17) is 0 Å². The van der Waals surface area contributed by atoms with Crippen molar-refractivity contribution in [2.75, 3.05) is 26.7 Å². The van der Waals surface area contributed by atoms with Crippen molar-refractivity contribution in [1.29, 1.82) is 0 Å². The van der Waals surface area contributed by atoms with Crippen LogP contribution in [0, 0.1) is 13.8 Å². The zero-order valence-corrected chi connectivity index (χ0v) is 11.3. The second-order valence-corrected chi connectivity index (χ2v) is 4.91. The lowest BCUT2D eigenvalue weighted by Crippen LogP contribution is -2.33. The SMILES string of the molecule is CNCCN1CC(c2cc(C)ccc2C)NC1=O. The molecule has 0 spiro atoms. The summed E-state index contributed by atoms with van der Waals surface area (Å²) in [6.45, 7) is 6.51. The molecule has 2 rings (SSSR count). The molecule has 1 aliphatic heterocycles. The number of rotatable bonds is 4. The normalized spacial score (nSPS) is 19.2. The van der Waals surface area contributed by atoms with Crippen molar-refractivity contribution in [1.82, 2.24) is 15.5 Å². The lowest BCUT2D eigenvalue weighted by molar-refractivity contribution is 0.218. The molecule has 2 amide bonds. The molecule has 1 aromatic carbocycles. The first-order valence-electron chi connectivity index (χ1n) is 6.39. The van der Waals surface area contributed by atoms with Gasteiger partial charge in [0.15, 0.2) is 0 Å². The van der Waals surface area contributed by atoms with Gasteiger partial charge in [-0.2, -0.15) is 0 Å². The molecule has 1 atom stereocenters. The molecule has 18 heavy (non-hydrogen) atoms. The van der Waals surface area contributed by atoms with Gasteiger partial charge >= 0.3 is 6.03 Å². The first-order valence-corrected chi connectivity index (χ1v) is 6.39. The molecule has 1 fully saturated rings. The van der Waals surface area contributed by atoms with Gasteiger partial charge in [0.2, 0.25) is 0 Å². The third-order valence-electron chi connectivity index (χ3n) is 3.43. The summed E-state index contributed by atoms with van der Waals surface area (Å²) in [7, 11) is 1.90. The smallest absolute Gasteiger partial charge is 0.318 e. The highest BCUT2D eigenvalue weighted by atomic mass is 16.2. The standard InChI is InChI=1S/C14H21N3O/c1-10-4-5-11(2)12(8-10)13-9-17(7-6-15-3)14(18)16-13/h4-5,8,13,15H,6-7,9H2,1-3H3,(H,16,18). The summed E-state index contributed by atoms with van der Waals surface area (Å²) in [4.78, 5) is 13.7. The number of carbonyl (C=O) groups is 1. The Balaban J connectivity index is 2.11. The number of aryl methyl sites for hydroxylation is 2. The summed E-state index contributed by atoms with van der Waals surface area (Å²) in [5.41, 5.74) is 3.70. The number of urea groups is 1. The molecule has 1 aliphatic rings. The highest BCUT2D eigenvalue weighted by Gasteiger charge is 2.29. The van der Waals surface area contributed by atoms with E-state index in [1.807, 2.05) is 11.9 Å². The molecule has 1 heterocycles. The van der Waals surface area contributed by atoms with Gasteiger partial charge in [0.25, 0.3) is 0 Å². The molecule has 1 unspecified atom stereocenters. The number of nitrogens with zero attached hydrogens (tertiary/aromatic N) is 1. The molecule has 0 saturated carbocycles. The van der Waals surface area contributed by atoms with E-state index in [0.717, 1.165) is 19.6 Å². The number of hydrogen-bond donors (Lipinski definition) is 2. The maximum absolute atomic E-state index is 11.8. The van der Waals surface area contributed by atoms with Crippen molar-refractivity contribution in [3.8, 4) is 0 Å². The fourth-order valence-electron chi connectivity index (χ4n) is 2.34. The van der Waals surface area contributed by atoms with Gasteiger partial charge in [0, 0.05) is 19.6 Å². The summed E-state index contributed by atoms with van der Waals surface area (Å²) >= 11 is 0. The van der Waals surface area contributed by atoms with Gasteiger partial charge in [0.1, 0.15) is 0 Å². The largest absolute Gasteiger partial charge is 0.329 e. The fraction of sp³-hybridized carbons (Fsp3) is 0.500. The van der Waals surface area contributed by atoms with Crippen LogP contribution >= 0.6 is 0 Å². The number of likely N-dealkylation sites (N-methyl/N-ethyl adjacent to an activating group) is 1. The van der Waals surface area contributed by atoms with Crippen molar-refractivity contribution >= 4 is 6.03 Å². The number of nitrogens with one attached hydrogen (secondary N) is 2. The predicted octanol–water partition coefficient (Wildman–Crippen LogP) is 1.59. The number of hydrogen-bond acceptors (Lipinski definition) is 2. The number of amides is 2.